The van der Waals surface area contributed by atoms with Crippen molar-refractivity contribution in [1.29, 1.82) is 0 Å². The van der Waals surface area contributed by atoms with Gasteiger partial charge in [-0.2, -0.15) is 0 Å². The number of hydrogen-bond donors (Lipinski definition) is 2. The number of hydrogen-bond acceptors (Lipinski definition) is 3. The van der Waals surface area contributed by atoms with Gasteiger partial charge in [0.15, 0.2) is 1.41 Å². The Morgan fingerprint density at radius 1 is 1.77 bits per heavy atom. The highest BCUT2D eigenvalue weighted by Gasteiger charge is 2.04. The number of rotatable bonds is 2. The molecule has 0 saturated carbocycles. The van der Waals surface area contributed by atoms with Crippen LogP contribution in [0.4, 0.5) is 5.69 Å². The zero-order valence-electron chi connectivity index (χ0n) is 9.46. The van der Waals surface area contributed by atoms with Crippen LogP contribution in [0.5, 0.6) is 0 Å². The Morgan fingerprint density at radius 2 is 2.46 bits per heavy atom. The molecule has 13 heavy (non-hydrogen) atoms. The standard InChI is InChI=1S/C8H12N2OS.ClH/c1-5-4-6(12-3)7(9-2)8(11)10-5;/h4,9H,1-3H3,(H,10,11);1H/i2D;/hD. The normalized spacial score (nSPS) is 11.2. The number of pyridine rings is 1. The van der Waals surface area contributed by atoms with Gasteiger partial charge in [-0.05, 0) is 19.2 Å². The van der Waals surface area contributed by atoms with E-state index in [4.69, 9.17) is 2.78 Å². The van der Waals surface area contributed by atoms with Crippen LogP contribution in [0.2, 0.25) is 1.41 Å². The maximum Gasteiger partial charge on any atom is 0.272 e. The molecule has 0 aromatic carbocycles. The lowest BCUT2D eigenvalue weighted by molar-refractivity contribution is 1.10. The predicted octanol–water partition coefficient (Wildman–Crippen LogP) is 1.87. The Bertz CT molecular complexity index is 385. The number of H-pyrrole nitrogens is 1. The molecule has 0 unspecified atom stereocenters. The summed E-state index contributed by atoms with van der Waals surface area (Å²) in [5.74, 6) is 0. The number of aryl methyl sites for hydroxylation is 1. The van der Waals surface area contributed by atoms with E-state index in [9.17, 15) is 4.79 Å². The fraction of sp³-hybridized carbons (Fsp3) is 0.375. The molecule has 0 atom stereocenters. The summed E-state index contributed by atoms with van der Waals surface area (Å²) < 4.78 is 14.5. The first-order valence-corrected chi connectivity index (χ1v) is 4.66. The van der Waals surface area contributed by atoms with Crippen molar-refractivity contribution in [1.82, 2.24) is 4.98 Å². The lowest BCUT2D eigenvalue weighted by atomic mass is 10.3. The minimum atomic E-state index is -0.309. The molecule has 74 valence electrons. The molecule has 2 N–H and O–H groups in total. The highest BCUT2D eigenvalue weighted by atomic mass is 35.5. The Kier molecular flexibility index (Phi) is 3.58. The summed E-state index contributed by atoms with van der Waals surface area (Å²) in [5, 5.41) is 0.879. The van der Waals surface area contributed by atoms with Gasteiger partial charge in [-0.3, -0.25) is 4.79 Å². The summed E-state index contributed by atoms with van der Waals surface area (Å²) in [6, 6.07) is 1.80. The van der Waals surface area contributed by atoms with Gasteiger partial charge < -0.3 is 10.3 Å². The van der Waals surface area contributed by atoms with E-state index in [0.717, 1.165) is 15.9 Å². The minimum Gasteiger partial charge on any atom is -0.383 e. The predicted molar refractivity (Wildman–Crippen MR) is 60.4 cm³/mol. The van der Waals surface area contributed by atoms with Crippen molar-refractivity contribution in [3.05, 3.63) is 22.1 Å². The fourth-order valence-corrected chi connectivity index (χ4v) is 1.60. The van der Waals surface area contributed by atoms with Gasteiger partial charge in [0.2, 0.25) is 0 Å². The third kappa shape index (κ3) is 2.67. The molecule has 0 aliphatic carbocycles. The van der Waals surface area contributed by atoms with Crippen LogP contribution < -0.4 is 10.9 Å². The third-order valence-corrected chi connectivity index (χ3v) is 2.24. The second-order valence-electron chi connectivity index (χ2n) is 2.36. The van der Waals surface area contributed by atoms with E-state index in [-0.39, 0.29) is 30.7 Å². The van der Waals surface area contributed by atoms with Crippen molar-refractivity contribution in [2.24, 2.45) is 0 Å². The molecule has 0 spiro atoms. The van der Waals surface area contributed by atoms with Gasteiger partial charge in [0.25, 0.3) is 5.56 Å². The van der Waals surface area contributed by atoms with Crippen LogP contribution >= 0.6 is 24.2 Å². The molecule has 0 aliphatic rings. The van der Waals surface area contributed by atoms with Gasteiger partial charge >= 0.3 is 0 Å². The molecule has 1 aromatic rings. The lowest BCUT2D eigenvalue weighted by Gasteiger charge is -2.05. The molecule has 1 aromatic heterocycles. The number of anilines is 1. The molecule has 3 nitrogen and oxygen atoms in total. The quantitative estimate of drug-likeness (QED) is 0.751. The fourth-order valence-electron chi connectivity index (χ4n) is 0.957. The lowest BCUT2D eigenvalue weighted by Crippen LogP contribution is -2.13. The van der Waals surface area contributed by atoms with E-state index in [0.29, 0.717) is 0 Å². The number of nitrogens with one attached hydrogen (secondary N) is 2. The van der Waals surface area contributed by atoms with Crippen LogP contribution in [0.1, 0.15) is 7.06 Å². The van der Waals surface area contributed by atoms with E-state index < -0.39 is 0 Å². The number of thioether (sulfide) groups is 1. The number of halogens is 1. The Hall–Kier alpha value is -0.610. The summed E-state index contributed by atoms with van der Waals surface area (Å²) in [6.07, 6.45) is 1.84. The van der Waals surface area contributed by atoms with Gasteiger partial charge in [-0.1, -0.05) is 0 Å². The maximum atomic E-state index is 11.5. The van der Waals surface area contributed by atoms with E-state index in [2.05, 4.69) is 4.98 Å². The van der Waals surface area contributed by atoms with Gasteiger partial charge in [0.1, 0.15) is 5.69 Å². The first-order valence-electron chi connectivity index (χ1n) is 4.59. The minimum absolute atomic E-state index is 0. The smallest absolute Gasteiger partial charge is 0.272 e. The average Bonchev–Trinajstić information content (AvgIpc) is 2.15. The summed E-state index contributed by atoms with van der Waals surface area (Å²) in [5.41, 5.74) is 0.705. The zero-order valence-corrected chi connectivity index (χ0v) is 9.09. The topological polar surface area (TPSA) is 44.9 Å². The van der Waals surface area contributed by atoms with Gasteiger partial charge in [-0.15, -0.1) is 24.2 Å². The van der Waals surface area contributed by atoms with E-state index in [1.165, 1.54) is 11.8 Å². The highest BCUT2D eigenvalue weighted by Crippen LogP contribution is 2.21. The van der Waals surface area contributed by atoms with Crippen LogP contribution in [0, 0.1) is 6.92 Å². The molecule has 0 amide bonds. The maximum absolute atomic E-state index is 11.5. The highest BCUT2D eigenvalue weighted by molar-refractivity contribution is 7.98. The second-order valence-corrected chi connectivity index (χ2v) is 3.20. The summed E-state index contributed by atoms with van der Waals surface area (Å²) in [7, 11) is -0.250. The van der Waals surface area contributed by atoms with Gasteiger partial charge in [0, 0.05) is 19.0 Å². The second kappa shape index (κ2) is 5.19. The van der Waals surface area contributed by atoms with Crippen LogP contribution in [-0.4, -0.2) is 18.3 Å². The first-order chi connectivity index (χ1) is 6.60. The van der Waals surface area contributed by atoms with Crippen molar-refractivity contribution >= 4 is 29.9 Å². The van der Waals surface area contributed by atoms with Crippen LogP contribution in [0.25, 0.3) is 0 Å². The number of aromatic nitrogens is 1. The summed E-state index contributed by atoms with van der Waals surface area (Å²) in [4.78, 5) is 14.9. The van der Waals surface area contributed by atoms with Crippen LogP contribution in [0.15, 0.2) is 15.8 Å². The Morgan fingerprint density at radius 3 is 3.00 bits per heavy atom. The van der Waals surface area contributed by atoms with Crippen molar-refractivity contribution in [2.75, 3.05) is 18.6 Å². The Balaban J connectivity index is 0.00000196. The monoisotopic (exact) mass is 222 g/mol. The van der Waals surface area contributed by atoms with E-state index >= 15 is 0 Å². The molecule has 0 aliphatic heterocycles. The van der Waals surface area contributed by atoms with Crippen molar-refractivity contribution in [3.8, 4) is 0 Å². The largest absolute Gasteiger partial charge is 0.383 e. The number of aromatic amines is 1. The molecule has 0 fully saturated rings. The summed E-state index contributed by atoms with van der Waals surface area (Å²) in [6.45, 7) is 1.79. The molecular formula is C8H13ClN2OS. The van der Waals surface area contributed by atoms with Crippen LogP contribution in [-0.2, 0) is 0 Å². The van der Waals surface area contributed by atoms with E-state index in [1.807, 2.05) is 6.26 Å². The van der Waals surface area contributed by atoms with E-state index in [1.54, 1.807) is 13.0 Å². The van der Waals surface area contributed by atoms with Crippen molar-refractivity contribution < 1.29 is 2.78 Å². The molecule has 5 heteroatoms. The van der Waals surface area contributed by atoms with Crippen LogP contribution in [0.3, 0.4) is 0 Å². The molecule has 0 bridgehead atoms. The molecule has 0 radical (unpaired) electrons. The average molecular weight is 223 g/mol. The SMILES string of the molecule is Cl.[2H]CN([2H])c1c(SC)cc(C)[nH]c1=O. The molecule has 0 saturated heterocycles. The van der Waals surface area contributed by atoms with Gasteiger partial charge in [-0.25, -0.2) is 0 Å². The molecule has 1 rings (SSSR count). The van der Waals surface area contributed by atoms with Crippen molar-refractivity contribution in [2.45, 2.75) is 11.8 Å². The van der Waals surface area contributed by atoms with Crippen molar-refractivity contribution in [3.63, 3.8) is 0 Å². The van der Waals surface area contributed by atoms with Gasteiger partial charge in [0.05, 0.1) is 0 Å². The zero-order chi connectivity index (χ0) is 10.7. The Labute approximate surface area is 90.6 Å². The molecular weight excluding hydrogens is 208 g/mol. The third-order valence-electron chi connectivity index (χ3n) is 1.48. The molecule has 1 heterocycles. The first kappa shape index (κ1) is 8.97. The summed E-state index contributed by atoms with van der Waals surface area (Å²) >= 11 is 1.40.